The van der Waals surface area contributed by atoms with Gasteiger partial charge in [0.1, 0.15) is 6.10 Å². The van der Waals surface area contributed by atoms with E-state index in [-0.39, 0.29) is 23.0 Å². The van der Waals surface area contributed by atoms with Crippen LogP contribution in [0.2, 0.25) is 0 Å². The Kier molecular flexibility index (Phi) is 4.11. The Labute approximate surface area is 106 Å². The van der Waals surface area contributed by atoms with Crippen molar-refractivity contribution < 1.29 is 9.53 Å². The van der Waals surface area contributed by atoms with E-state index in [0.717, 1.165) is 25.9 Å². The highest BCUT2D eigenvalue weighted by Crippen LogP contribution is 2.27. The first-order chi connectivity index (χ1) is 7.57. The molecule has 0 aliphatic carbocycles. The molecule has 1 fully saturated rings. The van der Waals surface area contributed by atoms with Crippen molar-refractivity contribution in [3.63, 3.8) is 0 Å². The zero-order valence-corrected chi connectivity index (χ0v) is 12.2. The van der Waals surface area contributed by atoms with Gasteiger partial charge in [0, 0.05) is 6.54 Å². The van der Waals surface area contributed by atoms with Gasteiger partial charge < -0.3 is 9.64 Å². The Morgan fingerprint density at radius 3 is 2.24 bits per heavy atom. The lowest BCUT2D eigenvalue weighted by molar-refractivity contribution is 0.110. The number of nitrogens with zero attached hydrogens (tertiary/aromatic N) is 1. The molecular formula is C14H27NO2. The van der Waals surface area contributed by atoms with Crippen molar-refractivity contribution in [2.75, 3.05) is 13.1 Å². The third-order valence-corrected chi connectivity index (χ3v) is 2.92. The minimum Gasteiger partial charge on any atom is -0.444 e. The van der Waals surface area contributed by atoms with Crippen molar-refractivity contribution in [1.82, 2.24) is 4.90 Å². The lowest BCUT2D eigenvalue weighted by Gasteiger charge is -2.23. The van der Waals surface area contributed by atoms with Crippen LogP contribution in [0.15, 0.2) is 0 Å². The van der Waals surface area contributed by atoms with Crippen LogP contribution in [0.5, 0.6) is 0 Å². The average Bonchev–Trinajstić information content (AvgIpc) is 2.38. The molecule has 0 N–H and O–H groups in total. The zero-order chi connectivity index (χ0) is 13.3. The minimum absolute atomic E-state index is 0.0717. The Hall–Kier alpha value is -0.730. The van der Waals surface area contributed by atoms with Crippen LogP contribution in [0.4, 0.5) is 4.79 Å². The summed E-state index contributed by atoms with van der Waals surface area (Å²) >= 11 is 0. The molecule has 0 aromatic carbocycles. The number of rotatable bonds is 3. The van der Waals surface area contributed by atoms with Crippen molar-refractivity contribution in [2.45, 2.75) is 60.5 Å². The normalized spacial score (nSPS) is 21.9. The molecule has 3 heteroatoms. The fourth-order valence-corrected chi connectivity index (χ4v) is 2.02. The molecule has 17 heavy (non-hydrogen) atoms. The fourth-order valence-electron chi connectivity index (χ4n) is 2.02. The minimum atomic E-state index is -0.136. The van der Waals surface area contributed by atoms with Gasteiger partial charge in [0.15, 0.2) is 0 Å². The number of cyclic esters (lactones) is 1. The van der Waals surface area contributed by atoms with Crippen LogP contribution in [-0.4, -0.2) is 30.2 Å². The topological polar surface area (TPSA) is 29.5 Å². The maximum atomic E-state index is 11.7. The second kappa shape index (κ2) is 4.87. The highest BCUT2D eigenvalue weighted by Gasteiger charge is 2.33. The number of ether oxygens (including phenoxy) is 1. The monoisotopic (exact) mass is 241 g/mol. The molecule has 1 rings (SSSR count). The Morgan fingerprint density at radius 1 is 1.18 bits per heavy atom. The van der Waals surface area contributed by atoms with Gasteiger partial charge in [0.25, 0.3) is 0 Å². The summed E-state index contributed by atoms with van der Waals surface area (Å²) in [6.45, 7) is 14.7. The molecule has 1 atom stereocenters. The summed E-state index contributed by atoms with van der Waals surface area (Å²) in [4.78, 5) is 13.5. The SMILES string of the molecule is CC(C)(C)CCN1CC(CC(C)(C)C)OC1=O. The smallest absolute Gasteiger partial charge is 0.410 e. The van der Waals surface area contributed by atoms with E-state index < -0.39 is 0 Å². The van der Waals surface area contributed by atoms with Crippen LogP contribution in [0.25, 0.3) is 0 Å². The number of hydrogen-bond donors (Lipinski definition) is 0. The van der Waals surface area contributed by atoms with Gasteiger partial charge in [-0.1, -0.05) is 41.5 Å². The summed E-state index contributed by atoms with van der Waals surface area (Å²) in [7, 11) is 0. The average molecular weight is 241 g/mol. The van der Waals surface area contributed by atoms with Crippen LogP contribution in [-0.2, 0) is 4.74 Å². The molecule has 0 aromatic heterocycles. The van der Waals surface area contributed by atoms with E-state index in [0.29, 0.717) is 0 Å². The molecule has 0 radical (unpaired) electrons. The van der Waals surface area contributed by atoms with E-state index in [1.54, 1.807) is 0 Å². The molecule has 1 unspecified atom stereocenters. The van der Waals surface area contributed by atoms with Gasteiger partial charge in [0.2, 0.25) is 0 Å². The van der Waals surface area contributed by atoms with E-state index in [9.17, 15) is 4.79 Å². The zero-order valence-electron chi connectivity index (χ0n) is 12.2. The number of amides is 1. The van der Waals surface area contributed by atoms with Gasteiger partial charge in [-0.3, -0.25) is 0 Å². The van der Waals surface area contributed by atoms with Crippen LogP contribution in [0.3, 0.4) is 0 Å². The molecule has 1 aliphatic heterocycles. The van der Waals surface area contributed by atoms with Crippen molar-refractivity contribution in [3.05, 3.63) is 0 Å². The highest BCUT2D eigenvalue weighted by molar-refractivity contribution is 5.69. The third kappa shape index (κ3) is 5.42. The second-order valence-electron chi connectivity index (χ2n) is 7.53. The number of hydrogen-bond acceptors (Lipinski definition) is 2. The number of carbonyl (C=O) groups is 1. The molecule has 1 saturated heterocycles. The summed E-state index contributed by atoms with van der Waals surface area (Å²) in [6, 6.07) is 0. The molecule has 3 nitrogen and oxygen atoms in total. The lowest BCUT2D eigenvalue weighted by atomic mass is 9.89. The van der Waals surface area contributed by atoms with Gasteiger partial charge in [-0.05, 0) is 23.7 Å². The van der Waals surface area contributed by atoms with E-state index in [2.05, 4.69) is 41.5 Å². The quantitative estimate of drug-likeness (QED) is 0.754. The largest absolute Gasteiger partial charge is 0.444 e. The summed E-state index contributed by atoms with van der Waals surface area (Å²) in [6.07, 6.45) is 1.89. The first-order valence-corrected chi connectivity index (χ1v) is 6.52. The standard InChI is InChI=1S/C14H27NO2/c1-13(2,3)7-8-15-10-11(17-12(15)16)9-14(4,5)6/h11H,7-10H2,1-6H3. The van der Waals surface area contributed by atoms with Gasteiger partial charge in [-0.15, -0.1) is 0 Å². The molecule has 0 bridgehead atoms. The third-order valence-electron chi connectivity index (χ3n) is 2.92. The van der Waals surface area contributed by atoms with Gasteiger partial charge in [-0.25, -0.2) is 4.79 Å². The fraction of sp³-hybridized carbons (Fsp3) is 0.929. The van der Waals surface area contributed by atoms with E-state index in [4.69, 9.17) is 4.74 Å². The predicted molar refractivity (Wildman–Crippen MR) is 70.0 cm³/mol. The maximum absolute atomic E-state index is 11.7. The highest BCUT2D eigenvalue weighted by atomic mass is 16.6. The summed E-state index contributed by atoms with van der Waals surface area (Å²) in [5.41, 5.74) is 0.480. The Morgan fingerprint density at radius 2 is 1.76 bits per heavy atom. The summed E-state index contributed by atoms with van der Waals surface area (Å²) < 4.78 is 5.40. The molecule has 1 aliphatic rings. The van der Waals surface area contributed by atoms with E-state index in [1.807, 2.05) is 4.90 Å². The molecule has 1 amide bonds. The summed E-state index contributed by atoms with van der Waals surface area (Å²) in [5.74, 6) is 0. The maximum Gasteiger partial charge on any atom is 0.410 e. The molecule has 0 aromatic rings. The van der Waals surface area contributed by atoms with Crippen LogP contribution < -0.4 is 0 Å². The van der Waals surface area contributed by atoms with Crippen LogP contribution >= 0.6 is 0 Å². The van der Waals surface area contributed by atoms with E-state index >= 15 is 0 Å². The molecule has 1 heterocycles. The molecular weight excluding hydrogens is 214 g/mol. The van der Waals surface area contributed by atoms with Crippen LogP contribution in [0.1, 0.15) is 54.4 Å². The first-order valence-electron chi connectivity index (χ1n) is 6.52. The second-order valence-corrected chi connectivity index (χ2v) is 7.53. The van der Waals surface area contributed by atoms with Crippen molar-refractivity contribution >= 4 is 6.09 Å². The molecule has 100 valence electrons. The van der Waals surface area contributed by atoms with Gasteiger partial charge in [-0.2, -0.15) is 0 Å². The van der Waals surface area contributed by atoms with Crippen molar-refractivity contribution in [2.24, 2.45) is 10.8 Å². The van der Waals surface area contributed by atoms with Gasteiger partial charge in [0.05, 0.1) is 6.54 Å². The van der Waals surface area contributed by atoms with Crippen molar-refractivity contribution in [3.8, 4) is 0 Å². The Balaban J connectivity index is 2.42. The first kappa shape index (κ1) is 14.3. The number of carbonyl (C=O) groups excluding carboxylic acids is 1. The predicted octanol–water partition coefficient (Wildman–Crippen LogP) is 3.68. The lowest BCUT2D eigenvalue weighted by Crippen LogP contribution is -2.29. The summed E-state index contributed by atoms with van der Waals surface area (Å²) in [5, 5.41) is 0. The molecule has 0 saturated carbocycles. The Bertz CT molecular complexity index is 273. The van der Waals surface area contributed by atoms with Crippen molar-refractivity contribution in [1.29, 1.82) is 0 Å². The van der Waals surface area contributed by atoms with E-state index in [1.165, 1.54) is 0 Å². The van der Waals surface area contributed by atoms with Gasteiger partial charge >= 0.3 is 6.09 Å². The molecule has 0 spiro atoms. The van der Waals surface area contributed by atoms with Crippen LogP contribution in [0, 0.1) is 10.8 Å².